The Balaban J connectivity index is 2.56. The molecule has 2 aromatic rings. The first-order valence-electron chi connectivity index (χ1n) is 4.65. The summed E-state index contributed by atoms with van der Waals surface area (Å²) in [6.45, 7) is 0. The molecule has 2 rings (SSSR count). The highest BCUT2D eigenvalue weighted by atomic mass is 35.5. The van der Waals surface area contributed by atoms with Crippen molar-refractivity contribution >= 4 is 11.6 Å². The first kappa shape index (κ1) is 11.9. The molecule has 0 fully saturated rings. The fourth-order valence-electron chi connectivity index (χ4n) is 1.35. The summed E-state index contributed by atoms with van der Waals surface area (Å²) >= 11 is 5.52. The first-order valence-corrected chi connectivity index (χ1v) is 5.03. The predicted molar refractivity (Wildman–Crippen MR) is 57.4 cm³/mol. The topological polar surface area (TPSA) is 25.8 Å². The zero-order valence-electron chi connectivity index (χ0n) is 8.37. The molecule has 0 bridgehead atoms. The van der Waals surface area contributed by atoms with E-state index in [4.69, 9.17) is 11.6 Å². The molecule has 1 aromatic carbocycles. The van der Waals surface area contributed by atoms with E-state index in [1.54, 1.807) is 6.07 Å². The Bertz CT molecular complexity index is 546. The van der Waals surface area contributed by atoms with E-state index < -0.39 is 17.9 Å². The maximum Gasteiger partial charge on any atom is 0.280 e. The molecule has 1 heterocycles. The van der Waals surface area contributed by atoms with Gasteiger partial charge in [0, 0.05) is 5.56 Å². The van der Waals surface area contributed by atoms with Crippen molar-refractivity contribution in [1.29, 1.82) is 0 Å². The lowest BCUT2D eigenvalue weighted by molar-refractivity contribution is 0.146. The Morgan fingerprint density at radius 1 is 1.12 bits per heavy atom. The van der Waals surface area contributed by atoms with E-state index in [1.165, 1.54) is 18.2 Å². The van der Waals surface area contributed by atoms with Crippen LogP contribution in [0.3, 0.4) is 0 Å². The molecule has 0 aliphatic rings. The highest BCUT2D eigenvalue weighted by Crippen LogP contribution is 2.26. The number of benzene rings is 1. The summed E-state index contributed by atoms with van der Waals surface area (Å²) in [7, 11) is 0. The Labute approximate surface area is 100 Å². The van der Waals surface area contributed by atoms with Crippen molar-refractivity contribution in [3.8, 4) is 11.3 Å². The van der Waals surface area contributed by atoms with E-state index in [0.29, 0.717) is 0 Å². The second-order valence-corrected chi connectivity index (χ2v) is 3.57. The van der Waals surface area contributed by atoms with Gasteiger partial charge < -0.3 is 0 Å². The molecule has 0 saturated heterocycles. The van der Waals surface area contributed by atoms with Gasteiger partial charge in [-0.3, -0.25) is 0 Å². The number of rotatable bonds is 2. The van der Waals surface area contributed by atoms with Gasteiger partial charge >= 0.3 is 0 Å². The van der Waals surface area contributed by atoms with Crippen LogP contribution < -0.4 is 0 Å². The minimum Gasteiger partial charge on any atom is -0.218 e. The van der Waals surface area contributed by atoms with Gasteiger partial charge in [0.05, 0.1) is 5.69 Å². The molecule has 0 atom stereocenters. The van der Waals surface area contributed by atoms with Crippen LogP contribution >= 0.6 is 11.6 Å². The van der Waals surface area contributed by atoms with E-state index in [1.807, 2.05) is 0 Å². The maximum absolute atomic E-state index is 13.4. The smallest absolute Gasteiger partial charge is 0.218 e. The van der Waals surface area contributed by atoms with Crippen LogP contribution in [0.4, 0.5) is 13.2 Å². The van der Waals surface area contributed by atoms with Crippen LogP contribution in [-0.4, -0.2) is 9.97 Å². The lowest BCUT2D eigenvalue weighted by Gasteiger charge is -2.05. The summed E-state index contributed by atoms with van der Waals surface area (Å²) in [5, 5.41) is -0.332. The van der Waals surface area contributed by atoms with Crippen LogP contribution in [0.1, 0.15) is 12.1 Å². The number of nitrogens with zero attached hydrogens (tertiary/aromatic N) is 2. The van der Waals surface area contributed by atoms with Crippen LogP contribution in [0.2, 0.25) is 5.28 Å². The lowest BCUT2D eigenvalue weighted by atomic mass is 10.1. The van der Waals surface area contributed by atoms with E-state index in [2.05, 4.69) is 9.97 Å². The molecule has 0 N–H and O–H groups in total. The molecule has 0 saturated carbocycles. The largest absolute Gasteiger partial charge is 0.280 e. The molecular weight excluding hydrogens is 253 g/mol. The minimum atomic E-state index is -2.78. The molecule has 0 spiro atoms. The third-order valence-electron chi connectivity index (χ3n) is 2.09. The van der Waals surface area contributed by atoms with E-state index in [0.717, 1.165) is 6.07 Å². The Morgan fingerprint density at radius 3 is 2.47 bits per heavy atom. The van der Waals surface area contributed by atoms with Crippen LogP contribution in [0.25, 0.3) is 11.3 Å². The van der Waals surface area contributed by atoms with Crippen molar-refractivity contribution < 1.29 is 13.2 Å². The zero-order chi connectivity index (χ0) is 12.4. The first-order chi connectivity index (χ1) is 8.08. The highest BCUT2D eigenvalue weighted by molar-refractivity contribution is 6.28. The molecule has 0 aliphatic heterocycles. The predicted octanol–water partition coefficient (Wildman–Crippen LogP) is 3.87. The summed E-state index contributed by atoms with van der Waals surface area (Å²) in [4.78, 5) is 7.10. The van der Waals surface area contributed by atoms with Crippen molar-refractivity contribution in [2.24, 2.45) is 0 Å². The summed E-state index contributed by atoms with van der Waals surface area (Å²) in [5.41, 5.74) is -0.375. The standard InChI is InChI=1S/C11H6ClF3N2/c12-11-16-8(5-9(17-11)10(14)15)6-3-1-2-4-7(6)13/h1-5,10H. The summed E-state index contributed by atoms with van der Waals surface area (Å²) in [6.07, 6.45) is -2.78. The van der Waals surface area contributed by atoms with Gasteiger partial charge in [0.15, 0.2) is 0 Å². The number of hydrogen-bond donors (Lipinski definition) is 0. The zero-order valence-corrected chi connectivity index (χ0v) is 9.13. The van der Waals surface area contributed by atoms with Crippen molar-refractivity contribution in [2.75, 3.05) is 0 Å². The van der Waals surface area contributed by atoms with E-state index in [-0.39, 0.29) is 16.5 Å². The summed E-state index contributed by atoms with van der Waals surface area (Å²) in [6, 6.07) is 6.75. The summed E-state index contributed by atoms with van der Waals surface area (Å²) in [5.74, 6) is -0.553. The fourth-order valence-corrected chi connectivity index (χ4v) is 1.54. The SMILES string of the molecule is Fc1ccccc1-c1cc(C(F)F)nc(Cl)n1. The van der Waals surface area contributed by atoms with Crippen LogP contribution in [-0.2, 0) is 0 Å². The Kier molecular flexibility index (Phi) is 3.28. The molecule has 88 valence electrons. The average Bonchev–Trinajstić information content (AvgIpc) is 2.28. The quantitative estimate of drug-likeness (QED) is 0.764. The van der Waals surface area contributed by atoms with Gasteiger partial charge in [-0.2, -0.15) is 0 Å². The normalized spacial score (nSPS) is 10.9. The van der Waals surface area contributed by atoms with Crippen molar-refractivity contribution in [2.45, 2.75) is 6.43 Å². The van der Waals surface area contributed by atoms with Gasteiger partial charge in [0.25, 0.3) is 6.43 Å². The highest BCUT2D eigenvalue weighted by Gasteiger charge is 2.14. The van der Waals surface area contributed by atoms with Gasteiger partial charge in [-0.25, -0.2) is 23.1 Å². The van der Waals surface area contributed by atoms with Gasteiger partial charge in [-0.1, -0.05) is 12.1 Å². The molecule has 0 aliphatic carbocycles. The van der Waals surface area contributed by atoms with Gasteiger partial charge in [0.1, 0.15) is 11.5 Å². The average molecular weight is 259 g/mol. The lowest BCUT2D eigenvalue weighted by Crippen LogP contribution is -1.96. The van der Waals surface area contributed by atoms with Crippen molar-refractivity contribution in [1.82, 2.24) is 9.97 Å². The Morgan fingerprint density at radius 2 is 1.82 bits per heavy atom. The van der Waals surface area contributed by atoms with Crippen molar-refractivity contribution in [3.05, 3.63) is 47.1 Å². The van der Waals surface area contributed by atoms with Crippen LogP contribution in [0, 0.1) is 5.82 Å². The number of hydrogen-bond acceptors (Lipinski definition) is 2. The molecule has 0 amide bonds. The second-order valence-electron chi connectivity index (χ2n) is 3.23. The molecular formula is C11H6ClF3N2. The van der Waals surface area contributed by atoms with Gasteiger partial charge in [-0.15, -0.1) is 0 Å². The van der Waals surface area contributed by atoms with Crippen LogP contribution in [0.5, 0.6) is 0 Å². The van der Waals surface area contributed by atoms with Crippen LogP contribution in [0.15, 0.2) is 30.3 Å². The molecule has 0 radical (unpaired) electrons. The van der Waals surface area contributed by atoms with Crippen molar-refractivity contribution in [3.63, 3.8) is 0 Å². The molecule has 6 heteroatoms. The number of halogens is 4. The van der Waals surface area contributed by atoms with E-state index >= 15 is 0 Å². The molecule has 1 aromatic heterocycles. The second kappa shape index (κ2) is 4.71. The fraction of sp³-hybridized carbons (Fsp3) is 0.0909. The molecule has 2 nitrogen and oxygen atoms in total. The Hall–Kier alpha value is -1.62. The number of alkyl halides is 2. The van der Waals surface area contributed by atoms with E-state index in [9.17, 15) is 13.2 Å². The molecule has 0 unspecified atom stereocenters. The summed E-state index contributed by atoms with van der Waals surface area (Å²) < 4.78 is 38.5. The number of aromatic nitrogens is 2. The maximum atomic E-state index is 13.4. The molecule has 17 heavy (non-hydrogen) atoms. The van der Waals surface area contributed by atoms with Gasteiger partial charge in [0.2, 0.25) is 5.28 Å². The monoisotopic (exact) mass is 258 g/mol. The third-order valence-corrected chi connectivity index (χ3v) is 2.26. The van der Waals surface area contributed by atoms with Gasteiger partial charge in [-0.05, 0) is 29.8 Å². The third kappa shape index (κ3) is 2.55. The minimum absolute atomic E-state index is 0.0402.